The molecule has 1 atom stereocenters. The van der Waals surface area contributed by atoms with E-state index in [2.05, 4.69) is 4.98 Å². The van der Waals surface area contributed by atoms with Gasteiger partial charge in [0.15, 0.2) is 0 Å². The van der Waals surface area contributed by atoms with Crippen LogP contribution < -0.4 is 5.73 Å². The molecule has 0 saturated carbocycles. The highest BCUT2D eigenvalue weighted by Gasteiger charge is 2.12. The number of nitrogens with two attached hydrogens (primary N) is 1. The van der Waals surface area contributed by atoms with E-state index in [0.717, 1.165) is 27.6 Å². The van der Waals surface area contributed by atoms with Crippen molar-refractivity contribution in [3.05, 3.63) is 66.4 Å². The number of hydrogen-bond donors (Lipinski definition) is 2. The number of aliphatic carboxylic acids is 1. The minimum Gasteiger partial charge on any atom is -0.480 e. The number of rotatable bonds is 4. The maximum Gasteiger partial charge on any atom is 0.320 e. The molecule has 22 heavy (non-hydrogen) atoms. The second-order valence-electron chi connectivity index (χ2n) is 5.22. The van der Waals surface area contributed by atoms with E-state index in [1.54, 1.807) is 6.20 Å². The number of carboxylic acids is 1. The molecule has 1 unspecified atom stereocenters. The molecule has 0 fully saturated rings. The first-order valence-electron chi connectivity index (χ1n) is 7.06. The topological polar surface area (TPSA) is 76.2 Å². The third-order valence-electron chi connectivity index (χ3n) is 3.66. The fourth-order valence-electron chi connectivity index (χ4n) is 2.56. The van der Waals surface area contributed by atoms with E-state index in [4.69, 9.17) is 10.8 Å². The minimum atomic E-state index is -0.986. The Balaban J connectivity index is 2.03. The molecule has 0 radical (unpaired) electrons. The number of nitrogens with zero attached hydrogens (tertiary/aromatic N) is 1. The van der Waals surface area contributed by atoms with Gasteiger partial charge in [-0.2, -0.15) is 0 Å². The van der Waals surface area contributed by atoms with Gasteiger partial charge in [-0.05, 0) is 35.2 Å². The van der Waals surface area contributed by atoms with E-state index in [-0.39, 0.29) is 0 Å². The molecule has 3 N–H and O–H groups in total. The molecule has 0 aliphatic rings. The fraction of sp³-hybridized carbons (Fsp3) is 0.111. The molecule has 0 bridgehead atoms. The van der Waals surface area contributed by atoms with Gasteiger partial charge in [0.1, 0.15) is 6.04 Å². The Morgan fingerprint density at radius 3 is 2.77 bits per heavy atom. The third-order valence-corrected chi connectivity index (χ3v) is 3.66. The first kappa shape index (κ1) is 14.2. The lowest BCUT2D eigenvalue weighted by atomic mass is 9.97. The maximum absolute atomic E-state index is 10.9. The number of aromatic nitrogens is 1. The Bertz CT molecular complexity index is 825. The van der Waals surface area contributed by atoms with Crippen LogP contribution in [0.3, 0.4) is 0 Å². The summed E-state index contributed by atoms with van der Waals surface area (Å²) in [5.74, 6) is -0.986. The van der Waals surface area contributed by atoms with E-state index in [9.17, 15) is 4.79 Å². The highest BCUT2D eigenvalue weighted by Crippen LogP contribution is 2.28. The van der Waals surface area contributed by atoms with Gasteiger partial charge in [0.2, 0.25) is 0 Å². The van der Waals surface area contributed by atoms with Crippen LogP contribution in [0.2, 0.25) is 0 Å². The van der Waals surface area contributed by atoms with Crippen molar-refractivity contribution in [2.45, 2.75) is 12.5 Å². The molecular formula is C18H16N2O2. The van der Waals surface area contributed by atoms with Crippen LogP contribution in [0.1, 0.15) is 5.56 Å². The molecule has 3 aromatic rings. The number of pyridine rings is 1. The van der Waals surface area contributed by atoms with Crippen molar-refractivity contribution in [1.29, 1.82) is 0 Å². The van der Waals surface area contributed by atoms with Crippen LogP contribution in [0, 0.1) is 0 Å². The lowest BCUT2D eigenvalue weighted by molar-refractivity contribution is -0.138. The summed E-state index contributed by atoms with van der Waals surface area (Å²) in [6.07, 6.45) is 2.08. The first-order chi connectivity index (χ1) is 10.6. The molecule has 1 aromatic heterocycles. The zero-order valence-electron chi connectivity index (χ0n) is 11.9. The minimum absolute atomic E-state index is 0.312. The quantitative estimate of drug-likeness (QED) is 0.775. The number of fused-ring (bicyclic) bond motifs is 1. The number of hydrogen-bond acceptors (Lipinski definition) is 3. The Hall–Kier alpha value is -2.72. The Labute approximate surface area is 128 Å². The highest BCUT2D eigenvalue weighted by molar-refractivity contribution is 5.94. The number of carbonyl (C=O) groups is 1. The van der Waals surface area contributed by atoms with Gasteiger partial charge in [-0.3, -0.25) is 9.78 Å². The average Bonchev–Trinajstić information content (AvgIpc) is 2.54. The SMILES string of the molecule is NC(Cc1cccc(-c2cccc3ncccc23)c1)C(=O)O. The predicted molar refractivity (Wildman–Crippen MR) is 86.5 cm³/mol. The van der Waals surface area contributed by atoms with E-state index in [1.165, 1.54) is 0 Å². The van der Waals surface area contributed by atoms with Crippen LogP contribution in [0.5, 0.6) is 0 Å². The molecule has 0 saturated heterocycles. The molecule has 0 aliphatic carbocycles. The van der Waals surface area contributed by atoms with Crippen molar-refractivity contribution in [3.8, 4) is 11.1 Å². The van der Waals surface area contributed by atoms with E-state index in [0.29, 0.717) is 6.42 Å². The van der Waals surface area contributed by atoms with Crippen LogP contribution >= 0.6 is 0 Å². The summed E-state index contributed by atoms with van der Waals surface area (Å²) >= 11 is 0. The third kappa shape index (κ3) is 2.82. The standard InChI is InChI=1S/C18H16N2O2/c19-16(18(21)22)11-12-4-1-5-13(10-12)14-6-2-8-17-15(14)7-3-9-20-17/h1-10,16H,11,19H2,(H,21,22). The van der Waals surface area contributed by atoms with E-state index in [1.807, 2.05) is 54.6 Å². The van der Waals surface area contributed by atoms with Crippen LogP contribution in [0.15, 0.2) is 60.8 Å². The van der Waals surface area contributed by atoms with Gasteiger partial charge in [-0.1, -0.05) is 42.5 Å². The van der Waals surface area contributed by atoms with E-state index >= 15 is 0 Å². The van der Waals surface area contributed by atoms with Crippen molar-refractivity contribution in [2.75, 3.05) is 0 Å². The van der Waals surface area contributed by atoms with Crippen LogP contribution in [-0.2, 0) is 11.2 Å². The molecule has 4 nitrogen and oxygen atoms in total. The normalized spacial score (nSPS) is 12.2. The lowest BCUT2D eigenvalue weighted by Crippen LogP contribution is -2.32. The Kier molecular flexibility index (Phi) is 3.85. The summed E-state index contributed by atoms with van der Waals surface area (Å²) in [5, 5.41) is 10.0. The van der Waals surface area contributed by atoms with Gasteiger partial charge < -0.3 is 10.8 Å². The monoisotopic (exact) mass is 292 g/mol. The molecule has 0 spiro atoms. The summed E-state index contributed by atoms with van der Waals surface area (Å²) < 4.78 is 0. The smallest absolute Gasteiger partial charge is 0.320 e. The van der Waals surface area contributed by atoms with Gasteiger partial charge in [0, 0.05) is 11.6 Å². The summed E-state index contributed by atoms with van der Waals surface area (Å²) in [6.45, 7) is 0. The second-order valence-corrected chi connectivity index (χ2v) is 5.22. The molecule has 0 aliphatic heterocycles. The fourth-order valence-corrected chi connectivity index (χ4v) is 2.56. The second kappa shape index (κ2) is 5.95. The highest BCUT2D eigenvalue weighted by atomic mass is 16.4. The zero-order valence-corrected chi connectivity index (χ0v) is 11.9. The Morgan fingerprint density at radius 2 is 1.95 bits per heavy atom. The van der Waals surface area contributed by atoms with E-state index < -0.39 is 12.0 Å². The lowest BCUT2D eigenvalue weighted by Gasteiger charge is -2.10. The van der Waals surface area contributed by atoms with Crippen molar-refractivity contribution in [3.63, 3.8) is 0 Å². The summed E-state index contributed by atoms with van der Waals surface area (Å²) in [4.78, 5) is 15.3. The Morgan fingerprint density at radius 1 is 1.14 bits per heavy atom. The predicted octanol–water partition coefficient (Wildman–Crippen LogP) is 2.86. The van der Waals surface area contributed by atoms with Gasteiger partial charge in [0.25, 0.3) is 0 Å². The maximum atomic E-state index is 10.9. The number of benzene rings is 2. The molecule has 110 valence electrons. The first-order valence-corrected chi connectivity index (χ1v) is 7.06. The number of carboxylic acid groups (broad SMARTS) is 1. The van der Waals surface area contributed by atoms with Gasteiger partial charge in [-0.25, -0.2) is 0 Å². The average molecular weight is 292 g/mol. The largest absolute Gasteiger partial charge is 0.480 e. The van der Waals surface area contributed by atoms with Gasteiger partial charge in [-0.15, -0.1) is 0 Å². The molecule has 3 rings (SSSR count). The van der Waals surface area contributed by atoms with Crippen LogP contribution in [0.4, 0.5) is 0 Å². The van der Waals surface area contributed by atoms with Crippen molar-refractivity contribution in [2.24, 2.45) is 5.73 Å². The molecule has 2 aromatic carbocycles. The van der Waals surface area contributed by atoms with Crippen molar-refractivity contribution in [1.82, 2.24) is 4.98 Å². The van der Waals surface area contributed by atoms with Crippen molar-refractivity contribution >= 4 is 16.9 Å². The molecule has 1 heterocycles. The van der Waals surface area contributed by atoms with Gasteiger partial charge >= 0.3 is 5.97 Å². The molecular weight excluding hydrogens is 276 g/mol. The summed E-state index contributed by atoms with van der Waals surface area (Å²) in [7, 11) is 0. The molecule has 0 amide bonds. The summed E-state index contributed by atoms with van der Waals surface area (Å²) in [6, 6.07) is 16.9. The van der Waals surface area contributed by atoms with Crippen molar-refractivity contribution < 1.29 is 9.90 Å². The zero-order chi connectivity index (χ0) is 15.5. The molecule has 4 heteroatoms. The van der Waals surface area contributed by atoms with Crippen LogP contribution in [0.25, 0.3) is 22.0 Å². The summed E-state index contributed by atoms with van der Waals surface area (Å²) in [5.41, 5.74) is 9.58. The van der Waals surface area contributed by atoms with Crippen LogP contribution in [-0.4, -0.2) is 22.1 Å². The van der Waals surface area contributed by atoms with Gasteiger partial charge in [0.05, 0.1) is 5.52 Å².